The first-order valence-corrected chi connectivity index (χ1v) is 6.79. The smallest absolute Gasteiger partial charge is 0.232 e. The highest BCUT2D eigenvalue weighted by Crippen LogP contribution is 2.45. The lowest BCUT2D eigenvalue weighted by Crippen LogP contribution is -2.13. The van der Waals surface area contributed by atoms with Crippen LogP contribution in [-0.2, 0) is 11.2 Å². The van der Waals surface area contributed by atoms with Gasteiger partial charge < -0.3 is 4.42 Å². The third kappa shape index (κ3) is 2.48. The van der Waals surface area contributed by atoms with Crippen LogP contribution >= 0.6 is 23.4 Å². The Morgan fingerprint density at radius 1 is 1.53 bits per heavy atom. The Kier molecular flexibility index (Phi) is 3.57. The monoisotopic (exact) mass is 246 g/mol. The van der Waals surface area contributed by atoms with Crippen LogP contribution in [0.25, 0.3) is 0 Å². The maximum Gasteiger partial charge on any atom is 0.232 e. The Morgan fingerprint density at radius 3 is 3.07 bits per heavy atom. The first kappa shape index (κ1) is 11.3. The molecule has 0 bridgehead atoms. The van der Waals surface area contributed by atoms with E-state index >= 15 is 0 Å². The summed E-state index contributed by atoms with van der Waals surface area (Å²) >= 11 is 7.53. The van der Waals surface area contributed by atoms with E-state index in [-0.39, 0.29) is 4.75 Å². The van der Waals surface area contributed by atoms with Crippen molar-refractivity contribution in [2.75, 3.05) is 11.6 Å². The summed E-state index contributed by atoms with van der Waals surface area (Å²) in [6.45, 7) is 2.18. The normalized spacial score (nSPS) is 26.0. The van der Waals surface area contributed by atoms with E-state index in [4.69, 9.17) is 16.0 Å². The molecule has 1 aromatic heterocycles. The van der Waals surface area contributed by atoms with Crippen molar-refractivity contribution in [2.45, 2.75) is 37.4 Å². The van der Waals surface area contributed by atoms with Gasteiger partial charge in [-0.15, -0.1) is 33.6 Å². The van der Waals surface area contributed by atoms with Gasteiger partial charge in [0, 0.05) is 12.3 Å². The zero-order chi connectivity index (χ0) is 10.7. The van der Waals surface area contributed by atoms with Crippen LogP contribution in [0.3, 0.4) is 0 Å². The van der Waals surface area contributed by atoms with Crippen LogP contribution in [-0.4, -0.2) is 21.8 Å². The van der Waals surface area contributed by atoms with E-state index in [0.29, 0.717) is 5.88 Å². The highest BCUT2D eigenvalue weighted by Gasteiger charge is 2.36. The van der Waals surface area contributed by atoms with E-state index in [1.165, 1.54) is 12.2 Å². The van der Waals surface area contributed by atoms with Gasteiger partial charge in [0.2, 0.25) is 11.8 Å². The number of thioether (sulfide) groups is 1. The molecule has 1 unspecified atom stereocenters. The van der Waals surface area contributed by atoms with Crippen LogP contribution in [0.1, 0.15) is 38.0 Å². The van der Waals surface area contributed by atoms with E-state index in [0.717, 1.165) is 31.0 Å². The number of hydrogen-bond donors (Lipinski definition) is 0. The molecule has 5 heteroatoms. The average molecular weight is 247 g/mol. The van der Waals surface area contributed by atoms with E-state index in [2.05, 4.69) is 17.1 Å². The van der Waals surface area contributed by atoms with Crippen LogP contribution in [0.2, 0.25) is 0 Å². The van der Waals surface area contributed by atoms with Crippen LogP contribution in [0.4, 0.5) is 0 Å². The Balaban J connectivity index is 2.05. The second-order valence-electron chi connectivity index (χ2n) is 3.98. The van der Waals surface area contributed by atoms with Gasteiger partial charge in [-0.05, 0) is 31.9 Å². The van der Waals surface area contributed by atoms with Crippen LogP contribution in [0.5, 0.6) is 0 Å². The highest BCUT2D eigenvalue weighted by atomic mass is 35.5. The number of alkyl halides is 1. The molecule has 0 spiro atoms. The summed E-state index contributed by atoms with van der Waals surface area (Å²) < 4.78 is 5.72. The summed E-state index contributed by atoms with van der Waals surface area (Å²) in [7, 11) is 0. The van der Waals surface area contributed by atoms with E-state index in [1.807, 2.05) is 11.8 Å². The Bertz CT molecular complexity index is 323. The molecule has 15 heavy (non-hydrogen) atoms. The standard InChI is InChI=1S/C10H15ClN2OS/c1-10(5-3-7-15-10)9-13-12-8(14-9)4-2-6-11/h2-7H2,1H3. The largest absolute Gasteiger partial charge is 0.424 e. The molecule has 0 saturated carbocycles. The summed E-state index contributed by atoms with van der Waals surface area (Å²) in [5.74, 6) is 3.34. The van der Waals surface area contributed by atoms with Crippen LogP contribution < -0.4 is 0 Å². The maximum absolute atomic E-state index is 5.67. The number of halogens is 1. The molecule has 1 aliphatic rings. The predicted molar refractivity (Wildman–Crippen MR) is 62.4 cm³/mol. The molecule has 0 aromatic carbocycles. The molecule has 84 valence electrons. The van der Waals surface area contributed by atoms with Gasteiger partial charge in [0.1, 0.15) is 0 Å². The van der Waals surface area contributed by atoms with Crippen LogP contribution in [0.15, 0.2) is 4.42 Å². The number of nitrogens with zero attached hydrogens (tertiary/aromatic N) is 2. The molecule has 2 heterocycles. The topological polar surface area (TPSA) is 38.9 Å². The Labute approximate surface area is 99.0 Å². The second kappa shape index (κ2) is 4.74. The van der Waals surface area contributed by atoms with Crippen molar-refractivity contribution in [3.05, 3.63) is 11.8 Å². The van der Waals surface area contributed by atoms with Crippen molar-refractivity contribution in [3.8, 4) is 0 Å². The summed E-state index contributed by atoms with van der Waals surface area (Å²) in [6.07, 6.45) is 4.06. The van der Waals surface area contributed by atoms with Crippen molar-refractivity contribution in [3.63, 3.8) is 0 Å². The molecule has 3 nitrogen and oxygen atoms in total. The van der Waals surface area contributed by atoms with Crippen molar-refractivity contribution < 1.29 is 4.42 Å². The lowest BCUT2D eigenvalue weighted by Gasteiger charge is -2.16. The van der Waals surface area contributed by atoms with Crippen molar-refractivity contribution >= 4 is 23.4 Å². The molecule has 0 N–H and O–H groups in total. The van der Waals surface area contributed by atoms with Gasteiger partial charge in [-0.2, -0.15) is 0 Å². The summed E-state index contributed by atoms with van der Waals surface area (Å²) in [5.41, 5.74) is 0. The van der Waals surface area contributed by atoms with Gasteiger partial charge in [-0.3, -0.25) is 0 Å². The van der Waals surface area contributed by atoms with E-state index in [1.54, 1.807) is 0 Å². The number of hydrogen-bond acceptors (Lipinski definition) is 4. The molecule has 1 aliphatic heterocycles. The zero-order valence-corrected chi connectivity index (χ0v) is 10.4. The lowest BCUT2D eigenvalue weighted by atomic mass is 10.1. The summed E-state index contributed by atoms with van der Waals surface area (Å²) in [4.78, 5) is 0. The molecule has 2 rings (SSSR count). The molecule has 0 amide bonds. The molecule has 0 radical (unpaired) electrons. The van der Waals surface area contributed by atoms with E-state index in [9.17, 15) is 0 Å². The van der Waals surface area contributed by atoms with Crippen molar-refractivity contribution in [1.82, 2.24) is 10.2 Å². The minimum Gasteiger partial charge on any atom is -0.424 e. The number of aryl methyl sites for hydroxylation is 1. The first-order valence-electron chi connectivity index (χ1n) is 5.27. The lowest BCUT2D eigenvalue weighted by molar-refractivity contribution is 0.400. The van der Waals surface area contributed by atoms with Crippen LogP contribution in [0, 0.1) is 0 Å². The molecular weight excluding hydrogens is 232 g/mol. The van der Waals surface area contributed by atoms with E-state index < -0.39 is 0 Å². The predicted octanol–water partition coefficient (Wildman–Crippen LogP) is 2.98. The fourth-order valence-electron chi connectivity index (χ4n) is 1.73. The number of rotatable bonds is 4. The van der Waals surface area contributed by atoms with Gasteiger partial charge >= 0.3 is 0 Å². The molecule has 1 aromatic rings. The molecule has 1 saturated heterocycles. The van der Waals surface area contributed by atoms with Crippen molar-refractivity contribution in [2.24, 2.45) is 0 Å². The fourth-order valence-corrected chi connectivity index (χ4v) is 3.10. The molecule has 1 fully saturated rings. The molecule has 1 atom stereocenters. The highest BCUT2D eigenvalue weighted by molar-refractivity contribution is 8.00. The van der Waals surface area contributed by atoms with Crippen molar-refractivity contribution in [1.29, 1.82) is 0 Å². The first-order chi connectivity index (χ1) is 7.24. The Hall–Kier alpha value is -0.220. The quantitative estimate of drug-likeness (QED) is 0.766. The second-order valence-corrected chi connectivity index (χ2v) is 5.95. The third-order valence-electron chi connectivity index (χ3n) is 2.66. The Morgan fingerprint density at radius 2 is 2.40 bits per heavy atom. The molecular formula is C10H15ClN2OS. The number of aromatic nitrogens is 2. The third-order valence-corrected chi connectivity index (χ3v) is 4.44. The minimum absolute atomic E-state index is 0.0478. The van der Waals surface area contributed by atoms with Gasteiger partial charge in [-0.1, -0.05) is 0 Å². The zero-order valence-electron chi connectivity index (χ0n) is 8.83. The van der Waals surface area contributed by atoms with Gasteiger partial charge in [0.05, 0.1) is 4.75 Å². The minimum atomic E-state index is 0.0478. The summed E-state index contributed by atoms with van der Waals surface area (Å²) in [6, 6.07) is 0. The average Bonchev–Trinajstić information content (AvgIpc) is 2.84. The maximum atomic E-state index is 5.67. The summed E-state index contributed by atoms with van der Waals surface area (Å²) in [5, 5.41) is 8.20. The SMILES string of the molecule is CC1(c2nnc(CCCCl)o2)CCCS1. The van der Waals surface area contributed by atoms with Gasteiger partial charge in [0.15, 0.2) is 0 Å². The molecule has 0 aliphatic carbocycles. The fraction of sp³-hybridized carbons (Fsp3) is 0.800. The van der Waals surface area contributed by atoms with Gasteiger partial charge in [-0.25, -0.2) is 0 Å². The van der Waals surface area contributed by atoms with Gasteiger partial charge in [0.25, 0.3) is 0 Å².